The third-order valence-corrected chi connectivity index (χ3v) is 4.76. The normalized spacial score (nSPS) is 16.6. The van der Waals surface area contributed by atoms with Crippen LogP contribution in [0.2, 0.25) is 0 Å². The van der Waals surface area contributed by atoms with Gasteiger partial charge in [-0.1, -0.05) is 31.2 Å². The molecule has 0 spiro atoms. The fourth-order valence-corrected chi connectivity index (χ4v) is 3.17. The van der Waals surface area contributed by atoms with Crippen molar-refractivity contribution < 1.29 is 13.9 Å². The number of para-hydroxylation sites is 1. The van der Waals surface area contributed by atoms with Crippen molar-refractivity contribution in [3.63, 3.8) is 0 Å². The van der Waals surface area contributed by atoms with E-state index in [1.165, 1.54) is 17.1 Å². The maximum Gasteiger partial charge on any atom is 0.257 e. The molecule has 0 saturated carbocycles. The molecule has 5 nitrogen and oxygen atoms in total. The molecule has 0 bridgehead atoms. The minimum absolute atomic E-state index is 0.112. The number of amides is 1. The summed E-state index contributed by atoms with van der Waals surface area (Å²) in [5.74, 6) is 0.268. The average Bonchev–Trinajstić information content (AvgIpc) is 3.13. The summed E-state index contributed by atoms with van der Waals surface area (Å²) in [6, 6.07) is 13.6. The number of benzene rings is 2. The SMILES string of the molecule is CCN(C)CC(=O)N1N=C(c2ccccc2OC)CC1c1cccc(F)c1. The molecule has 1 aliphatic heterocycles. The standard InChI is InChI=1S/C21H24FN3O2/c1-4-24(2)14-21(26)25-19(15-8-7-9-16(22)12-15)13-18(23-25)17-10-5-6-11-20(17)27-3/h5-12,19H,4,13-14H2,1-3H3. The van der Waals surface area contributed by atoms with Crippen LogP contribution in [0.4, 0.5) is 4.39 Å². The zero-order chi connectivity index (χ0) is 19.4. The van der Waals surface area contributed by atoms with Gasteiger partial charge in [0.2, 0.25) is 0 Å². The van der Waals surface area contributed by atoms with Crippen LogP contribution in [0.25, 0.3) is 0 Å². The molecule has 3 rings (SSSR count). The highest BCUT2D eigenvalue weighted by Crippen LogP contribution is 2.35. The summed E-state index contributed by atoms with van der Waals surface area (Å²) in [5.41, 5.74) is 2.34. The van der Waals surface area contributed by atoms with E-state index < -0.39 is 0 Å². The third kappa shape index (κ3) is 4.17. The molecule has 27 heavy (non-hydrogen) atoms. The Bertz CT molecular complexity index is 853. The van der Waals surface area contributed by atoms with Crippen LogP contribution in [-0.2, 0) is 4.79 Å². The molecule has 0 N–H and O–H groups in total. The molecular weight excluding hydrogens is 345 g/mol. The lowest BCUT2D eigenvalue weighted by molar-refractivity contribution is -0.133. The molecule has 1 aliphatic rings. The molecule has 1 amide bonds. The van der Waals surface area contributed by atoms with E-state index in [4.69, 9.17) is 4.74 Å². The van der Waals surface area contributed by atoms with E-state index in [0.29, 0.717) is 12.2 Å². The molecule has 0 aliphatic carbocycles. The lowest BCUT2D eigenvalue weighted by Gasteiger charge is -2.24. The van der Waals surface area contributed by atoms with Crippen LogP contribution in [0.15, 0.2) is 53.6 Å². The Hall–Kier alpha value is -2.73. The number of likely N-dealkylation sites (N-methyl/N-ethyl adjacent to an activating group) is 1. The van der Waals surface area contributed by atoms with Gasteiger partial charge in [-0.05, 0) is 43.4 Å². The zero-order valence-corrected chi connectivity index (χ0v) is 15.9. The van der Waals surface area contributed by atoms with E-state index in [0.717, 1.165) is 23.4 Å². The van der Waals surface area contributed by atoms with Crippen LogP contribution >= 0.6 is 0 Å². The fourth-order valence-electron chi connectivity index (χ4n) is 3.17. The molecule has 0 radical (unpaired) electrons. The summed E-state index contributed by atoms with van der Waals surface area (Å²) in [5, 5.41) is 6.10. The summed E-state index contributed by atoms with van der Waals surface area (Å²) in [7, 11) is 3.49. The van der Waals surface area contributed by atoms with Gasteiger partial charge in [-0.25, -0.2) is 9.40 Å². The van der Waals surface area contributed by atoms with Crippen LogP contribution in [-0.4, -0.2) is 48.8 Å². The number of rotatable bonds is 6. The number of carbonyl (C=O) groups excluding carboxylic acids is 1. The first-order valence-corrected chi connectivity index (χ1v) is 9.00. The van der Waals surface area contributed by atoms with Gasteiger partial charge in [-0.2, -0.15) is 5.10 Å². The second kappa shape index (κ2) is 8.31. The summed E-state index contributed by atoms with van der Waals surface area (Å²) in [6.45, 7) is 3.00. The van der Waals surface area contributed by atoms with E-state index in [1.54, 1.807) is 13.2 Å². The van der Waals surface area contributed by atoms with Crippen molar-refractivity contribution in [3.05, 3.63) is 65.5 Å². The predicted octanol–water partition coefficient (Wildman–Crippen LogP) is 3.46. The van der Waals surface area contributed by atoms with E-state index in [9.17, 15) is 9.18 Å². The number of hydrogen-bond acceptors (Lipinski definition) is 4. The highest BCUT2D eigenvalue weighted by atomic mass is 19.1. The first-order valence-electron chi connectivity index (χ1n) is 9.00. The van der Waals surface area contributed by atoms with Crippen molar-refractivity contribution in [1.82, 2.24) is 9.91 Å². The Morgan fingerprint density at radius 2 is 2.07 bits per heavy atom. The van der Waals surface area contributed by atoms with Crippen molar-refractivity contribution in [3.8, 4) is 5.75 Å². The maximum atomic E-state index is 13.8. The number of hydrogen-bond donors (Lipinski definition) is 0. The molecule has 1 heterocycles. The average molecular weight is 369 g/mol. The van der Waals surface area contributed by atoms with Crippen LogP contribution in [0.1, 0.15) is 30.5 Å². The Balaban J connectivity index is 1.97. The highest BCUT2D eigenvalue weighted by molar-refractivity contribution is 6.05. The fraction of sp³-hybridized carbons (Fsp3) is 0.333. The van der Waals surface area contributed by atoms with Crippen LogP contribution < -0.4 is 4.74 Å². The summed E-state index contributed by atoms with van der Waals surface area (Å²) < 4.78 is 19.2. The topological polar surface area (TPSA) is 45.1 Å². The summed E-state index contributed by atoms with van der Waals surface area (Å²) in [6.07, 6.45) is 0.505. The zero-order valence-electron chi connectivity index (χ0n) is 15.9. The van der Waals surface area contributed by atoms with Gasteiger partial charge in [0.25, 0.3) is 5.91 Å². The molecule has 0 saturated heterocycles. The number of carbonyl (C=O) groups is 1. The van der Waals surface area contributed by atoms with Crippen molar-refractivity contribution >= 4 is 11.6 Å². The van der Waals surface area contributed by atoms with Gasteiger partial charge in [0.15, 0.2) is 0 Å². The monoisotopic (exact) mass is 369 g/mol. The number of methoxy groups -OCH3 is 1. The Labute approximate surface area is 159 Å². The van der Waals surface area contributed by atoms with Gasteiger partial charge in [0.1, 0.15) is 11.6 Å². The van der Waals surface area contributed by atoms with Crippen LogP contribution in [0, 0.1) is 5.82 Å². The first kappa shape index (κ1) is 19.0. The lowest BCUT2D eigenvalue weighted by atomic mass is 9.98. The largest absolute Gasteiger partial charge is 0.496 e. The van der Waals surface area contributed by atoms with Crippen molar-refractivity contribution in [2.45, 2.75) is 19.4 Å². The van der Waals surface area contributed by atoms with Gasteiger partial charge in [-0.3, -0.25) is 9.69 Å². The van der Waals surface area contributed by atoms with Gasteiger partial charge in [-0.15, -0.1) is 0 Å². The predicted molar refractivity (Wildman–Crippen MR) is 103 cm³/mol. The number of ether oxygens (including phenoxy) is 1. The Morgan fingerprint density at radius 3 is 2.78 bits per heavy atom. The third-order valence-electron chi connectivity index (χ3n) is 4.76. The van der Waals surface area contributed by atoms with E-state index in [-0.39, 0.29) is 24.3 Å². The molecule has 1 atom stereocenters. The van der Waals surface area contributed by atoms with Gasteiger partial charge in [0.05, 0.1) is 25.4 Å². The van der Waals surface area contributed by atoms with E-state index in [1.807, 2.05) is 49.2 Å². The molecular formula is C21H24FN3O2. The van der Waals surface area contributed by atoms with E-state index >= 15 is 0 Å². The summed E-state index contributed by atoms with van der Waals surface area (Å²) >= 11 is 0. The van der Waals surface area contributed by atoms with E-state index in [2.05, 4.69) is 5.10 Å². The maximum absolute atomic E-state index is 13.8. The Kier molecular flexibility index (Phi) is 5.86. The molecule has 0 aromatic heterocycles. The van der Waals surface area contributed by atoms with Gasteiger partial charge < -0.3 is 4.74 Å². The molecule has 6 heteroatoms. The number of nitrogens with zero attached hydrogens (tertiary/aromatic N) is 3. The quantitative estimate of drug-likeness (QED) is 0.783. The minimum Gasteiger partial charge on any atom is -0.496 e. The second-order valence-corrected chi connectivity index (χ2v) is 6.59. The second-order valence-electron chi connectivity index (χ2n) is 6.59. The highest BCUT2D eigenvalue weighted by Gasteiger charge is 2.34. The molecule has 0 fully saturated rings. The van der Waals surface area contributed by atoms with Crippen molar-refractivity contribution in [2.24, 2.45) is 5.10 Å². The molecule has 1 unspecified atom stereocenters. The smallest absolute Gasteiger partial charge is 0.257 e. The lowest BCUT2D eigenvalue weighted by Crippen LogP contribution is -2.36. The van der Waals surface area contributed by atoms with Crippen molar-refractivity contribution in [2.75, 3.05) is 27.2 Å². The molecule has 2 aromatic rings. The Morgan fingerprint density at radius 1 is 1.30 bits per heavy atom. The van der Waals surface area contributed by atoms with Gasteiger partial charge in [0, 0.05) is 12.0 Å². The molecule has 142 valence electrons. The van der Waals surface area contributed by atoms with Crippen LogP contribution in [0.3, 0.4) is 0 Å². The summed E-state index contributed by atoms with van der Waals surface area (Å²) in [4.78, 5) is 14.8. The number of halogens is 1. The number of hydrazone groups is 1. The molecule has 2 aromatic carbocycles. The van der Waals surface area contributed by atoms with Crippen LogP contribution in [0.5, 0.6) is 5.75 Å². The minimum atomic E-state index is -0.335. The first-order chi connectivity index (χ1) is 13.0. The van der Waals surface area contributed by atoms with Crippen molar-refractivity contribution in [1.29, 1.82) is 0 Å². The van der Waals surface area contributed by atoms with Gasteiger partial charge >= 0.3 is 0 Å².